The predicted octanol–water partition coefficient (Wildman–Crippen LogP) is 5.07. The third-order valence-corrected chi connectivity index (χ3v) is 7.87. The van der Waals surface area contributed by atoms with E-state index in [1.807, 2.05) is 10.8 Å². The van der Waals surface area contributed by atoms with Crippen molar-refractivity contribution in [2.75, 3.05) is 36.5 Å². The zero-order chi connectivity index (χ0) is 27.9. The highest BCUT2D eigenvalue weighted by atomic mass is 32.1. The molecule has 0 bridgehead atoms. The first kappa shape index (κ1) is 26.4. The van der Waals surface area contributed by atoms with Crippen LogP contribution in [0.5, 0.6) is 0 Å². The van der Waals surface area contributed by atoms with Crippen molar-refractivity contribution in [3.63, 3.8) is 0 Å². The van der Waals surface area contributed by atoms with Gasteiger partial charge in [0.05, 0.1) is 36.2 Å². The number of rotatable bonds is 7. The van der Waals surface area contributed by atoms with Gasteiger partial charge in [0.1, 0.15) is 17.6 Å². The number of hydrogen-bond acceptors (Lipinski definition) is 8. The van der Waals surface area contributed by atoms with Gasteiger partial charge >= 0.3 is 6.18 Å². The van der Waals surface area contributed by atoms with Crippen LogP contribution >= 0.6 is 11.3 Å². The van der Waals surface area contributed by atoms with Crippen molar-refractivity contribution in [2.45, 2.75) is 44.3 Å². The minimum absolute atomic E-state index is 0.0769. The van der Waals surface area contributed by atoms with Crippen LogP contribution in [0.25, 0.3) is 16.5 Å². The fourth-order valence-electron chi connectivity index (χ4n) is 4.62. The van der Waals surface area contributed by atoms with Gasteiger partial charge in [-0.25, -0.2) is 19.9 Å². The third-order valence-electron chi connectivity index (χ3n) is 7.03. The number of nitrogens with zero attached hydrogens (tertiary/aromatic N) is 7. The highest BCUT2D eigenvalue weighted by Crippen LogP contribution is 2.39. The standard InChI is InChI=1S/C26H27F3N8O2S/c1-16(26(27,28)29)37-7-5-30-23(37)25-34-22(14-40-25)33-24(38)18-11-20(36-13-19(32-15-36)17-3-4-17)21(12-31-18)35-6-2-9-39-10-8-35/h5,7,11-17H,2-4,6,8-10H2,1H3,(H,33,38)/t16-/m0/s1. The summed E-state index contributed by atoms with van der Waals surface area (Å²) in [4.78, 5) is 32.8. The maximum absolute atomic E-state index is 13.3. The lowest BCUT2D eigenvalue weighted by molar-refractivity contribution is -0.162. The summed E-state index contributed by atoms with van der Waals surface area (Å²) in [6.45, 7) is 3.86. The molecular weight excluding hydrogens is 545 g/mol. The van der Waals surface area contributed by atoms with E-state index in [2.05, 4.69) is 30.2 Å². The minimum Gasteiger partial charge on any atom is -0.380 e. The lowest BCUT2D eigenvalue weighted by Gasteiger charge is -2.25. The van der Waals surface area contributed by atoms with Crippen molar-refractivity contribution in [3.8, 4) is 16.5 Å². The van der Waals surface area contributed by atoms with E-state index in [-0.39, 0.29) is 22.3 Å². The van der Waals surface area contributed by atoms with Crippen LogP contribution in [-0.4, -0.2) is 67.5 Å². The number of pyridine rings is 1. The molecule has 14 heteroatoms. The number of imidazole rings is 2. The Kier molecular flexibility index (Phi) is 7.04. The summed E-state index contributed by atoms with van der Waals surface area (Å²) in [5.41, 5.74) is 2.86. The molecule has 1 saturated carbocycles. The molecule has 0 unspecified atom stereocenters. The Labute approximate surface area is 231 Å². The second kappa shape index (κ2) is 10.7. The molecule has 5 heterocycles. The fraction of sp³-hybridized carbons (Fsp3) is 0.423. The second-order valence-corrected chi connectivity index (χ2v) is 10.7. The maximum atomic E-state index is 13.3. The van der Waals surface area contributed by atoms with Gasteiger partial charge in [-0.15, -0.1) is 11.3 Å². The molecule has 0 radical (unpaired) electrons. The highest BCUT2D eigenvalue weighted by Gasteiger charge is 2.38. The van der Waals surface area contributed by atoms with Crippen LogP contribution in [0.3, 0.4) is 0 Å². The molecule has 4 aromatic rings. The molecular formula is C26H27F3N8O2S. The molecule has 4 aromatic heterocycles. The number of anilines is 2. The SMILES string of the molecule is C[C@H](n1ccnc1-c1nc(NC(=O)c2cc(-n3cnc(C4CC4)c3)c(N3CCCOCC3)cn2)cs1)C(F)(F)F. The van der Waals surface area contributed by atoms with Crippen molar-refractivity contribution < 1.29 is 22.7 Å². The van der Waals surface area contributed by atoms with E-state index in [1.165, 1.54) is 12.4 Å². The molecule has 0 spiro atoms. The van der Waals surface area contributed by atoms with Crippen LogP contribution in [-0.2, 0) is 4.74 Å². The number of ether oxygens (including phenoxy) is 1. The Hall–Kier alpha value is -3.78. The average Bonchev–Trinajstić information content (AvgIpc) is 3.32. The van der Waals surface area contributed by atoms with Crippen LogP contribution in [0.15, 0.2) is 42.6 Å². The summed E-state index contributed by atoms with van der Waals surface area (Å²) in [7, 11) is 0. The number of thiazole rings is 1. The lowest BCUT2D eigenvalue weighted by Crippen LogP contribution is -2.27. The molecule has 1 amide bonds. The van der Waals surface area contributed by atoms with E-state index in [4.69, 9.17) is 4.74 Å². The molecule has 1 N–H and O–H groups in total. The molecule has 2 fully saturated rings. The van der Waals surface area contributed by atoms with E-state index in [1.54, 1.807) is 24.0 Å². The van der Waals surface area contributed by atoms with E-state index in [0.717, 1.165) is 65.7 Å². The summed E-state index contributed by atoms with van der Waals surface area (Å²) in [5, 5.41) is 4.54. The Morgan fingerprint density at radius 2 is 2.02 bits per heavy atom. The number of halogens is 3. The van der Waals surface area contributed by atoms with Crippen LogP contribution in [0.1, 0.15) is 54.3 Å². The van der Waals surface area contributed by atoms with E-state index >= 15 is 0 Å². The first-order chi connectivity index (χ1) is 19.3. The van der Waals surface area contributed by atoms with Gasteiger partial charge in [0, 0.05) is 49.6 Å². The van der Waals surface area contributed by atoms with Gasteiger partial charge in [0.2, 0.25) is 0 Å². The summed E-state index contributed by atoms with van der Waals surface area (Å²) < 4.78 is 48.4. The van der Waals surface area contributed by atoms with E-state index < -0.39 is 18.1 Å². The van der Waals surface area contributed by atoms with Crippen molar-refractivity contribution in [1.29, 1.82) is 0 Å². The van der Waals surface area contributed by atoms with Crippen molar-refractivity contribution in [1.82, 2.24) is 29.1 Å². The number of amides is 1. The van der Waals surface area contributed by atoms with Gasteiger partial charge in [-0.1, -0.05) is 0 Å². The number of carbonyl (C=O) groups is 1. The first-order valence-corrected chi connectivity index (χ1v) is 13.9. The van der Waals surface area contributed by atoms with Gasteiger partial charge in [-0.2, -0.15) is 13.2 Å². The molecule has 6 rings (SSSR count). The molecule has 2 aliphatic rings. The number of carbonyl (C=O) groups excluding carboxylic acids is 1. The minimum atomic E-state index is -4.44. The monoisotopic (exact) mass is 572 g/mol. The van der Waals surface area contributed by atoms with Gasteiger partial charge in [-0.3, -0.25) is 4.79 Å². The number of alkyl halides is 3. The van der Waals surface area contributed by atoms with E-state index in [9.17, 15) is 18.0 Å². The van der Waals surface area contributed by atoms with Gasteiger partial charge in [-0.05, 0) is 32.3 Å². The Bertz CT molecular complexity index is 1500. The molecule has 0 aromatic carbocycles. The number of hydrogen-bond donors (Lipinski definition) is 1. The van der Waals surface area contributed by atoms with Crippen LogP contribution in [0, 0.1) is 0 Å². The molecule has 1 atom stereocenters. The Morgan fingerprint density at radius 3 is 2.83 bits per heavy atom. The molecule has 210 valence electrons. The van der Waals surface area contributed by atoms with Gasteiger partial charge in [0.15, 0.2) is 10.8 Å². The van der Waals surface area contributed by atoms with Gasteiger partial charge < -0.3 is 24.1 Å². The van der Waals surface area contributed by atoms with Crippen molar-refractivity contribution in [2.24, 2.45) is 0 Å². The fourth-order valence-corrected chi connectivity index (χ4v) is 5.37. The quantitative estimate of drug-likeness (QED) is 0.330. The van der Waals surface area contributed by atoms with Crippen LogP contribution < -0.4 is 10.2 Å². The largest absolute Gasteiger partial charge is 0.408 e. The highest BCUT2D eigenvalue weighted by molar-refractivity contribution is 7.13. The summed E-state index contributed by atoms with van der Waals surface area (Å²) in [6.07, 6.45) is 6.72. The maximum Gasteiger partial charge on any atom is 0.408 e. The smallest absolute Gasteiger partial charge is 0.380 e. The number of aromatic nitrogens is 6. The van der Waals surface area contributed by atoms with Crippen LogP contribution in [0.4, 0.5) is 24.7 Å². The summed E-state index contributed by atoms with van der Waals surface area (Å²) in [5.74, 6) is 0.274. The second-order valence-electron chi connectivity index (χ2n) is 9.86. The zero-order valence-electron chi connectivity index (χ0n) is 21.6. The molecule has 1 aliphatic carbocycles. The number of nitrogens with one attached hydrogen (secondary N) is 1. The van der Waals surface area contributed by atoms with Gasteiger partial charge in [0.25, 0.3) is 5.91 Å². The topological polar surface area (TPSA) is 103 Å². The molecule has 40 heavy (non-hydrogen) atoms. The van der Waals surface area contributed by atoms with E-state index in [0.29, 0.717) is 25.7 Å². The molecule has 1 aliphatic heterocycles. The molecule has 1 saturated heterocycles. The molecule has 10 nitrogen and oxygen atoms in total. The van der Waals surface area contributed by atoms with Crippen molar-refractivity contribution in [3.05, 3.63) is 53.9 Å². The van der Waals surface area contributed by atoms with Crippen molar-refractivity contribution >= 4 is 28.7 Å². The summed E-state index contributed by atoms with van der Waals surface area (Å²) >= 11 is 1.09. The average molecular weight is 573 g/mol. The lowest BCUT2D eigenvalue weighted by atomic mass is 10.2. The summed E-state index contributed by atoms with van der Waals surface area (Å²) in [6, 6.07) is -0.0489. The van der Waals surface area contributed by atoms with Crippen LogP contribution in [0.2, 0.25) is 0 Å². The third kappa shape index (κ3) is 5.45. The first-order valence-electron chi connectivity index (χ1n) is 13.0. The normalized spacial score (nSPS) is 17.1. The Morgan fingerprint density at radius 1 is 1.18 bits per heavy atom. The zero-order valence-corrected chi connectivity index (χ0v) is 22.5. The predicted molar refractivity (Wildman–Crippen MR) is 143 cm³/mol. The Balaban J connectivity index is 1.26.